The maximum absolute atomic E-state index is 12.6. The standard InChI is InChI=1S/C19H24N2O2S/c1-20(12-13-23-16-7-3-2-4-8-16)15-19(22)21-11-5-9-17(21)18-10-6-14-24-18/h2-4,6-8,10,14,17H,5,9,11-13,15H2,1H3. The fraction of sp³-hybridized carbons (Fsp3) is 0.421. The van der Waals surface area contributed by atoms with Gasteiger partial charge in [0.1, 0.15) is 12.4 Å². The van der Waals surface area contributed by atoms with E-state index >= 15 is 0 Å². The largest absolute Gasteiger partial charge is 0.492 e. The van der Waals surface area contributed by atoms with Crippen LogP contribution in [0.1, 0.15) is 23.8 Å². The number of likely N-dealkylation sites (N-methyl/N-ethyl adjacent to an activating group) is 1. The van der Waals surface area contributed by atoms with E-state index in [-0.39, 0.29) is 11.9 Å². The van der Waals surface area contributed by atoms with Crippen LogP contribution in [-0.2, 0) is 4.79 Å². The molecule has 128 valence electrons. The van der Waals surface area contributed by atoms with Crippen molar-refractivity contribution in [2.24, 2.45) is 0 Å². The summed E-state index contributed by atoms with van der Waals surface area (Å²) in [6.07, 6.45) is 2.17. The first-order valence-corrected chi connectivity index (χ1v) is 9.31. The maximum Gasteiger partial charge on any atom is 0.237 e. The molecule has 1 aromatic heterocycles. The van der Waals surface area contributed by atoms with Crippen molar-refractivity contribution in [3.63, 3.8) is 0 Å². The van der Waals surface area contributed by atoms with Crippen LogP contribution in [-0.4, -0.2) is 49.0 Å². The molecule has 2 heterocycles. The molecule has 0 saturated carbocycles. The summed E-state index contributed by atoms with van der Waals surface area (Å²) in [7, 11) is 1.97. The Balaban J connectivity index is 1.45. The van der Waals surface area contributed by atoms with Crippen LogP contribution in [0.3, 0.4) is 0 Å². The van der Waals surface area contributed by atoms with Crippen molar-refractivity contribution in [1.82, 2.24) is 9.80 Å². The van der Waals surface area contributed by atoms with Crippen LogP contribution in [0.4, 0.5) is 0 Å². The number of ether oxygens (including phenoxy) is 1. The third kappa shape index (κ3) is 4.36. The number of likely N-dealkylation sites (tertiary alicyclic amines) is 1. The molecule has 1 fully saturated rings. The van der Waals surface area contributed by atoms with Gasteiger partial charge in [-0.1, -0.05) is 24.3 Å². The molecule has 4 nitrogen and oxygen atoms in total. The van der Waals surface area contributed by atoms with Crippen LogP contribution < -0.4 is 4.74 Å². The molecule has 3 rings (SSSR count). The zero-order valence-electron chi connectivity index (χ0n) is 14.1. The van der Waals surface area contributed by atoms with Crippen LogP contribution in [0.2, 0.25) is 0 Å². The van der Waals surface area contributed by atoms with E-state index in [1.807, 2.05) is 47.2 Å². The molecule has 0 spiro atoms. The number of hydrogen-bond donors (Lipinski definition) is 0. The van der Waals surface area contributed by atoms with Gasteiger partial charge in [-0.15, -0.1) is 11.3 Å². The summed E-state index contributed by atoms with van der Waals surface area (Å²) in [4.78, 5) is 18.0. The summed E-state index contributed by atoms with van der Waals surface area (Å²) in [6, 6.07) is 14.2. The lowest BCUT2D eigenvalue weighted by Gasteiger charge is -2.26. The summed E-state index contributed by atoms with van der Waals surface area (Å²) in [6.45, 7) is 2.63. The Bertz CT molecular complexity index is 630. The summed E-state index contributed by atoms with van der Waals surface area (Å²) < 4.78 is 5.70. The molecule has 0 aliphatic carbocycles. The highest BCUT2D eigenvalue weighted by Crippen LogP contribution is 2.34. The first-order valence-electron chi connectivity index (χ1n) is 8.43. The van der Waals surface area contributed by atoms with Gasteiger partial charge in [-0.05, 0) is 43.5 Å². The smallest absolute Gasteiger partial charge is 0.237 e. The Labute approximate surface area is 147 Å². The number of para-hydroxylation sites is 1. The first-order chi connectivity index (χ1) is 11.7. The molecule has 0 bridgehead atoms. The van der Waals surface area contributed by atoms with E-state index in [1.165, 1.54) is 4.88 Å². The molecule has 0 radical (unpaired) electrons. The van der Waals surface area contributed by atoms with Gasteiger partial charge in [-0.2, -0.15) is 0 Å². The zero-order chi connectivity index (χ0) is 16.8. The number of nitrogens with zero attached hydrogens (tertiary/aromatic N) is 2. The van der Waals surface area contributed by atoms with E-state index < -0.39 is 0 Å². The third-order valence-electron chi connectivity index (χ3n) is 4.33. The van der Waals surface area contributed by atoms with Gasteiger partial charge in [0.25, 0.3) is 0 Å². The normalized spacial score (nSPS) is 17.4. The summed E-state index contributed by atoms with van der Waals surface area (Å²) in [5.41, 5.74) is 0. The van der Waals surface area contributed by atoms with Gasteiger partial charge in [0.15, 0.2) is 0 Å². The van der Waals surface area contributed by atoms with Crippen molar-refractivity contribution >= 4 is 17.2 Å². The van der Waals surface area contributed by atoms with Crippen molar-refractivity contribution < 1.29 is 9.53 Å². The van der Waals surface area contributed by atoms with Gasteiger partial charge in [0.2, 0.25) is 5.91 Å². The number of carbonyl (C=O) groups excluding carboxylic acids is 1. The number of carbonyl (C=O) groups is 1. The zero-order valence-corrected chi connectivity index (χ0v) is 14.9. The third-order valence-corrected chi connectivity index (χ3v) is 5.31. The molecule has 1 amide bonds. The van der Waals surface area contributed by atoms with E-state index in [4.69, 9.17) is 4.74 Å². The van der Waals surface area contributed by atoms with E-state index in [9.17, 15) is 4.79 Å². The molecule has 1 saturated heterocycles. The van der Waals surface area contributed by atoms with Crippen molar-refractivity contribution in [2.45, 2.75) is 18.9 Å². The van der Waals surface area contributed by atoms with E-state index in [1.54, 1.807) is 11.3 Å². The second kappa shape index (κ2) is 8.31. The summed E-state index contributed by atoms with van der Waals surface area (Å²) in [5, 5.41) is 2.09. The average Bonchev–Trinajstić information content (AvgIpc) is 3.27. The van der Waals surface area contributed by atoms with Crippen LogP contribution in [0, 0.1) is 0 Å². The molecule has 5 heteroatoms. The maximum atomic E-state index is 12.6. The Hall–Kier alpha value is -1.85. The minimum Gasteiger partial charge on any atom is -0.492 e. The van der Waals surface area contributed by atoms with Crippen molar-refractivity contribution in [3.05, 3.63) is 52.7 Å². The first kappa shape index (κ1) is 17.0. The summed E-state index contributed by atoms with van der Waals surface area (Å²) in [5.74, 6) is 1.09. The highest BCUT2D eigenvalue weighted by Gasteiger charge is 2.30. The number of amides is 1. The molecular weight excluding hydrogens is 320 g/mol. The SMILES string of the molecule is CN(CCOc1ccccc1)CC(=O)N1CCCC1c1cccs1. The topological polar surface area (TPSA) is 32.8 Å². The van der Waals surface area contributed by atoms with E-state index in [0.717, 1.165) is 31.7 Å². The number of hydrogen-bond acceptors (Lipinski definition) is 4. The number of thiophene rings is 1. The quantitative estimate of drug-likeness (QED) is 0.771. The molecule has 1 aliphatic rings. The molecule has 1 unspecified atom stereocenters. The van der Waals surface area contributed by atoms with Crippen molar-refractivity contribution in [3.8, 4) is 5.75 Å². The van der Waals surface area contributed by atoms with E-state index in [0.29, 0.717) is 13.2 Å². The van der Waals surface area contributed by atoms with Crippen LogP contribution in [0.15, 0.2) is 47.8 Å². The Morgan fingerprint density at radius 3 is 2.88 bits per heavy atom. The second-order valence-electron chi connectivity index (χ2n) is 6.16. The monoisotopic (exact) mass is 344 g/mol. The summed E-state index contributed by atoms with van der Waals surface area (Å²) >= 11 is 1.74. The fourth-order valence-electron chi connectivity index (χ4n) is 3.08. The van der Waals surface area contributed by atoms with Crippen molar-refractivity contribution in [1.29, 1.82) is 0 Å². The molecule has 1 atom stereocenters. The highest BCUT2D eigenvalue weighted by atomic mass is 32.1. The molecule has 2 aromatic rings. The van der Waals surface area contributed by atoms with Gasteiger partial charge < -0.3 is 9.64 Å². The van der Waals surface area contributed by atoms with Gasteiger partial charge in [0, 0.05) is 18.0 Å². The van der Waals surface area contributed by atoms with Crippen LogP contribution >= 0.6 is 11.3 Å². The van der Waals surface area contributed by atoms with Crippen LogP contribution in [0.25, 0.3) is 0 Å². The highest BCUT2D eigenvalue weighted by molar-refractivity contribution is 7.10. The van der Waals surface area contributed by atoms with Gasteiger partial charge in [-0.3, -0.25) is 9.69 Å². The minimum absolute atomic E-state index is 0.216. The van der Waals surface area contributed by atoms with Crippen LogP contribution in [0.5, 0.6) is 5.75 Å². The van der Waals surface area contributed by atoms with Gasteiger partial charge in [-0.25, -0.2) is 0 Å². The van der Waals surface area contributed by atoms with Gasteiger partial charge in [0.05, 0.1) is 12.6 Å². The lowest BCUT2D eigenvalue weighted by Crippen LogP contribution is -2.39. The molecular formula is C19H24N2O2S. The van der Waals surface area contributed by atoms with Crippen molar-refractivity contribution in [2.75, 3.05) is 33.3 Å². The predicted octanol–water partition coefficient (Wildman–Crippen LogP) is 3.42. The molecule has 1 aliphatic heterocycles. The Morgan fingerprint density at radius 1 is 1.29 bits per heavy atom. The molecule has 1 aromatic carbocycles. The molecule has 24 heavy (non-hydrogen) atoms. The average molecular weight is 344 g/mol. The number of rotatable bonds is 7. The molecule has 0 N–H and O–H groups in total. The lowest BCUT2D eigenvalue weighted by molar-refractivity contribution is -0.133. The second-order valence-corrected chi connectivity index (χ2v) is 7.14. The number of benzene rings is 1. The Kier molecular flexibility index (Phi) is 5.88. The van der Waals surface area contributed by atoms with E-state index in [2.05, 4.69) is 17.5 Å². The Morgan fingerprint density at radius 2 is 2.12 bits per heavy atom. The minimum atomic E-state index is 0.216. The predicted molar refractivity (Wildman–Crippen MR) is 97.4 cm³/mol. The lowest BCUT2D eigenvalue weighted by atomic mass is 10.2. The van der Waals surface area contributed by atoms with Gasteiger partial charge >= 0.3 is 0 Å². The fourth-order valence-corrected chi connectivity index (χ4v) is 3.95.